The Morgan fingerprint density at radius 2 is 2.08 bits per heavy atom. The molecule has 0 spiro atoms. The molecule has 1 aliphatic rings. The van der Waals surface area contributed by atoms with Crippen LogP contribution in [-0.4, -0.2) is 40.1 Å². The number of aryl methyl sites for hydroxylation is 1. The minimum Gasteiger partial charge on any atom is -0.460 e. The topological polar surface area (TPSA) is 97.6 Å². The van der Waals surface area contributed by atoms with Crippen LogP contribution >= 0.6 is 0 Å². The predicted molar refractivity (Wildman–Crippen MR) is 93.1 cm³/mol. The fraction of sp³-hybridized carbons (Fsp3) is 0.471. The zero-order valence-corrected chi connectivity index (χ0v) is 15.1. The second-order valence-electron chi connectivity index (χ2n) is 6.08. The summed E-state index contributed by atoms with van der Waals surface area (Å²) >= 11 is 0. The van der Waals surface area contributed by atoms with Crippen molar-refractivity contribution in [3.05, 3.63) is 29.5 Å². The minimum absolute atomic E-state index is 0.0671. The highest BCUT2D eigenvalue weighted by molar-refractivity contribution is 7.89. The maximum absolute atomic E-state index is 12.6. The lowest BCUT2D eigenvalue weighted by Gasteiger charge is -2.23. The van der Waals surface area contributed by atoms with E-state index in [1.807, 2.05) is 0 Å². The standard InChI is InChI=1S/C17H22N2O5S/c1-3-23-17(20)16-11(2)14-10-13(4-5-15(14)24-16)25(21,22)19-12-6-8-18-9-7-12/h4-5,10,12,18-19H,3,6-9H2,1-2H3. The van der Waals surface area contributed by atoms with E-state index in [9.17, 15) is 13.2 Å². The molecule has 0 amide bonds. The second-order valence-corrected chi connectivity index (χ2v) is 7.79. The highest BCUT2D eigenvalue weighted by atomic mass is 32.2. The van der Waals surface area contributed by atoms with E-state index in [-0.39, 0.29) is 23.3 Å². The first-order valence-electron chi connectivity index (χ1n) is 8.35. The quantitative estimate of drug-likeness (QED) is 0.785. The summed E-state index contributed by atoms with van der Waals surface area (Å²) in [5.74, 6) is -0.439. The number of fused-ring (bicyclic) bond motifs is 1. The molecular formula is C17H22N2O5S. The lowest BCUT2D eigenvalue weighted by atomic mass is 10.1. The van der Waals surface area contributed by atoms with Crippen LogP contribution in [0.25, 0.3) is 11.0 Å². The number of hydrogen-bond acceptors (Lipinski definition) is 6. The number of piperidine rings is 1. The van der Waals surface area contributed by atoms with E-state index in [1.165, 1.54) is 6.07 Å². The number of furan rings is 1. The van der Waals surface area contributed by atoms with Gasteiger partial charge < -0.3 is 14.5 Å². The maximum Gasteiger partial charge on any atom is 0.374 e. The number of benzene rings is 1. The van der Waals surface area contributed by atoms with Gasteiger partial charge >= 0.3 is 5.97 Å². The normalized spacial score (nSPS) is 16.2. The van der Waals surface area contributed by atoms with E-state index in [1.54, 1.807) is 26.0 Å². The molecule has 1 aromatic heterocycles. The fourth-order valence-electron chi connectivity index (χ4n) is 2.99. The average molecular weight is 366 g/mol. The van der Waals surface area contributed by atoms with Crippen molar-refractivity contribution in [1.82, 2.24) is 10.0 Å². The van der Waals surface area contributed by atoms with Crippen molar-refractivity contribution in [3.63, 3.8) is 0 Å². The predicted octanol–water partition coefficient (Wildman–Crippen LogP) is 1.95. The van der Waals surface area contributed by atoms with Crippen molar-refractivity contribution < 1.29 is 22.4 Å². The first-order valence-corrected chi connectivity index (χ1v) is 9.84. The molecule has 0 bridgehead atoms. The van der Waals surface area contributed by atoms with Gasteiger partial charge in [0.1, 0.15) is 5.58 Å². The number of ether oxygens (including phenoxy) is 1. The molecule has 8 heteroatoms. The Hall–Kier alpha value is -1.90. The number of esters is 1. The Balaban J connectivity index is 1.92. The number of sulfonamides is 1. The number of carbonyl (C=O) groups is 1. The van der Waals surface area contributed by atoms with E-state index in [4.69, 9.17) is 9.15 Å². The molecule has 0 unspecified atom stereocenters. The molecule has 7 nitrogen and oxygen atoms in total. The van der Waals surface area contributed by atoms with Gasteiger partial charge in [0.15, 0.2) is 0 Å². The highest BCUT2D eigenvalue weighted by Gasteiger charge is 2.24. The summed E-state index contributed by atoms with van der Waals surface area (Å²) in [6.45, 7) is 5.28. The molecule has 0 aliphatic carbocycles. The van der Waals surface area contributed by atoms with Crippen molar-refractivity contribution in [1.29, 1.82) is 0 Å². The molecule has 2 N–H and O–H groups in total. The van der Waals surface area contributed by atoms with Crippen LogP contribution in [-0.2, 0) is 14.8 Å². The molecule has 0 atom stereocenters. The van der Waals surface area contributed by atoms with Gasteiger partial charge in [-0.25, -0.2) is 17.9 Å². The van der Waals surface area contributed by atoms with Gasteiger partial charge in [-0.05, 0) is 58.0 Å². The van der Waals surface area contributed by atoms with Gasteiger partial charge in [0.25, 0.3) is 0 Å². The molecule has 1 aromatic carbocycles. The zero-order valence-electron chi connectivity index (χ0n) is 14.3. The number of nitrogens with one attached hydrogen (secondary N) is 2. The lowest BCUT2D eigenvalue weighted by Crippen LogP contribution is -2.42. The maximum atomic E-state index is 12.6. The van der Waals surface area contributed by atoms with Gasteiger partial charge in [0.2, 0.25) is 15.8 Å². The summed E-state index contributed by atoms with van der Waals surface area (Å²) in [6.07, 6.45) is 1.53. The molecule has 2 heterocycles. The Labute approximate surface area is 146 Å². The average Bonchev–Trinajstić information content (AvgIpc) is 2.92. The molecule has 25 heavy (non-hydrogen) atoms. The van der Waals surface area contributed by atoms with E-state index in [0.29, 0.717) is 16.5 Å². The lowest BCUT2D eigenvalue weighted by molar-refractivity contribution is 0.0491. The van der Waals surface area contributed by atoms with Crippen molar-refractivity contribution >= 4 is 27.0 Å². The molecular weight excluding hydrogens is 344 g/mol. The van der Waals surface area contributed by atoms with E-state index < -0.39 is 16.0 Å². The zero-order chi connectivity index (χ0) is 18.0. The SMILES string of the molecule is CCOC(=O)c1oc2ccc(S(=O)(=O)NC3CCNCC3)cc2c1C. The van der Waals surface area contributed by atoms with Gasteiger partial charge in [-0.15, -0.1) is 0 Å². The number of rotatable bonds is 5. The van der Waals surface area contributed by atoms with Crippen LogP contribution in [0.15, 0.2) is 27.5 Å². The molecule has 2 aromatic rings. The number of hydrogen-bond donors (Lipinski definition) is 2. The third-order valence-corrected chi connectivity index (χ3v) is 5.86. The Bertz CT molecular complexity index is 882. The van der Waals surface area contributed by atoms with Gasteiger partial charge in [-0.2, -0.15) is 0 Å². The Morgan fingerprint density at radius 3 is 2.76 bits per heavy atom. The monoisotopic (exact) mass is 366 g/mol. The van der Waals surface area contributed by atoms with Crippen LogP contribution in [0.3, 0.4) is 0 Å². The third-order valence-electron chi connectivity index (χ3n) is 4.34. The summed E-state index contributed by atoms with van der Waals surface area (Å²) in [5, 5.41) is 3.80. The van der Waals surface area contributed by atoms with Crippen LogP contribution in [0.5, 0.6) is 0 Å². The molecule has 0 saturated carbocycles. The fourth-order valence-corrected chi connectivity index (χ4v) is 4.32. The Kier molecular flexibility index (Phi) is 5.12. The molecule has 136 valence electrons. The van der Waals surface area contributed by atoms with Crippen LogP contribution < -0.4 is 10.0 Å². The van der Waals surface area contributed by atoms with E-state index >= 15 is 0 Å². The second kappa shape index (κ2) is 7.15. The Morgan fingerprint density at radius 1 is 1.36 bits per heavy atom. The van der Waals surface area contributed by atoms with Crippen molar-refractivity contribution in [3.8, 4) is 0 Å². The summed E-state index contributed by atoms with van der Waals surface area (Å²) in [5.41, 5.74) is 1.04. The van der Waals surface area contributed by atoms with Gasteiger partial charge in [0.05, 0.1) is 11.5 Å². The van der Waals surface area contributed by atoms with Gasteiger partial charge in [-0.1, -0.05) is 0 Å². The van der Waals surface area contributed by atoms with Gasteiger partial charge in [0, 0.05) is 17.0 Å². The van der Waals surface area contributed by atoms with Crippen LogP contribution in [0.4, 0.5) is 0 Å². The largest absolute Gasteiger partial charge is 0.460 e. The molecule has 0 radical (unpaired) electrons. The summed E-state index contributed by atoms with van der Waals surface area (Å²) in [4.78, 5) is 12.1. The van der Waals surface area contributed by atoms with Gasteiger partial charge in [-0.3, -0.25) is 0 Å². The van der Waals surface area contributed by atoms with E-state index in [2.05, 4.69) is 10.0 Å². The summed E-state index contributed by atoms with van der Waals surface area (Å²) in [6, 6.07) is 4.54. The van der Waals surface area contributed by atoms with Crippen molar-refractivity contribution in [2.75, 3.05) is 19.7 Å². The highest BCUT2D eigenvalue weighted by Crippen LogP contribution is 2.28. The first kappa shape index (κ1) is 17.9. The molecule has 1 saturated heterocycles. The van der Waals surface area contributed by atoms with Crippen LogP contribution in [0.1, 0.15) is 35.9 Å². The molecule has 1 fully saturated rings. The van der Waals surface area contributed by atoms with Crippen molar-refractivity contribution in [2.45, 2.75) is 37.6 Å². The summed E-state index contributed by atoms with van der Waals surface area (Å²) < 4.78 is 38.5. The van der Waals surface area contributed by atoms with Crippen LogP contribution in [0, 0.1) is 6.92 Å². The first-order chi connectivity index (χ1) is 11.9. The van der Waals surface area contributed by atoms with Crippen LogP contribution in [0.2, 0.25) is 0 Å². The van der Waals surface area contributed by atoms with E-state index in [0.717, 1.165) is 25.9 Å². The minimum atomic E-state index is -3.62. The summed E-state index contributed by atoms with van der Waals surface area (Å²) in [7, 11) is -3.62. The molecule has 3 rings (SSSR count). The third kappa shape index (κ3) is 3.70. The van der Waals surface area contributed by atoms with Crippen molar-refractivity contribution in [2.24, 2.45) is 0 Å². The number of carbonyl (C=O) groups excluding carboxylic acids is 1. The molecule has 1 aliphatic heterocycles. The smallest absolute Gasteiger partial charge is 0.374 e.